The Hall–Kier alpha value is -2.15. The predicted octanol–water partition coefficient (Wildman–Crippen LogP) is 5.06. The fourth-order valence-electron chi connectivity index (χ4n) is 1.61. The fourth-order valence-corrected chi connectivity index (χ4v) is 2.15. The summed E-state index contributed by atoms with van der Waals surface area (Å²) < 4.78 is 0. The summed E-state index contributed by atoms with van der Waals surface area (Å²) in [6.07, 6.45) is 4.51. The third kappa shape index (κ3) is 4.66. The van der Waals surface area contributed by atoms with Gasteiger partial charge in [-0.3, -0.25) is 15.5 Å². The highest BCUT2D eigenvalue weighted by molar-refractivity contribution is 6.42. The number of rotatable bonds is 5. The van der Waals surface area contributed by atoms with Crippen LogP contribution in [0.15, 0.2) is 41.5 Å². The summed E-state index contributed by atoms with van der Waals surface area (Å²) in [5.74, 6) is 0.247. The molecule has 0 bridgehead atoms. The summed E-state index contributed by atoms with van der Waals surface area (Å²) in [6, 6.07) is 7.81. The molecule has 0 radical (unpaired) electrons. The Balaban J connectivity index is 2.06. The molecule has 0 unspecified atom stereocenters. The normalized spacial score (nSPS) is 11.3. The van der Waals surface area contributed by atoms with Crippen molar-refractivity contribution in [2.24, 2.45) is 5.10 Å². The van der Waals surface area contributed by atoms with Gasteiger partial charge in [-0.25, -0.2) is 4.98 Å². The van der Waals surface area contributed by atoms with Gasteiger partial charge in [-0.2, -0.15) is 5.10 Å². The topological polar surface area (TPSA) is 80.4 Å². The molecule has 0 spiro atoms. The molecule has 0 aliphatic carbocycles. The van der Waals surface area contributed by atoms with Crippen molar-refractivity contribution in [2.75, 3.05) is 5.43 Å². The molecule has 0 saturated heterocycles. The molecule has 0 atom stereocenters. The van der Waals surface area contributed by atoms with Gasteiger partial charge in [-0.05, 0) is 24.3 Å². The Labute approximate surface area is 146 Å². The monoisotopic (exact) mass is 370 g/mol. The van der Waals surface area contributed by atoms with E-state index < -0.39 is 4.92 Å². The Morgan fingerprint density at radius 1 is 1.22 bits per heavy atom. The van der Waals surface area contributed by atoms with Gasteiger partial charge in [0.15, 0.2) is 5.82 Å². The number of allylic oxidation sites excluding steroid dienone is 1. The molecule has 118 valence electrons. The maximum atomic E-state index is 10.9. The first-order valence-electron chi connectivity index (χ1n) is 6.19. The molecule has 6 nitrogen and oxygen atoms in total. The summed E-state index contributed by atoms with van der Waals surface area (Å²) in [5.41, 5.74) is 3.08. The lowest BCUT2D eigenvalue weighted by Gasteiger charge is -2.03. The summed E-state index contributed by atoms with van der Waals surface area (Å²) in [7, 11) is 0. The smallest absolute Gasteiger partial charge is 0.260 e. The van der Waals surface area contributed by atoms with Crippen LogP contribution < -0.4 is 5.43 Å². The van der Waals surface area contributed by atoms with Gasteiger partial charge in [-0.15, -0.1) is 0 Å². The van der Waals surface area contributed by atoms with Gasteiger partial charge in [-0.1, -0.05) is 46.9 Å². The molecule has 1 aromatic heterocycles. The Bertz CT molecular complexity index is 794. The Morgan fingerprint density at radius 2 is 1.96 bits per heavy atom. The van der Waals surface area contributed by atoms with E-state index in [0.29, 0.717) is 5.56 Å². The molecule has 0 aliphatic heterocycles. The van der Waals surface area contributed by atoms with E-state index in [0.717, 1.165) is 0 Å². The van der Waals surface area contributed by atoms with Crippen LogP contribution in [-0.4, -0.2) is 16.1 Å². The van der Waals surface area contributed by atoms with E-state index >= 15 is 0 Å². The first-order chi connectivity index (χ1) is 11.0. The van der Waals surface area contributed by atoms with Crippen LogP contribution in [0.2, 0.25) is 15.2 Å². The van der Waals surface area contributed by atoms with Crippen molar-refractivity contribution in [1.29, 1.82) is 0 Å². The number of hydrogen-bond acceptors (Lipinski definition) is 5. The number of pyridine rings is 1. The first-order valence-corrected chi connectivity index (χ1v) is 7.33. The van der Waals surface area contributed by atoms with Crippen molar-refractivity contribution >= 4 is 58.6 Å². The van der Waals surface area contributed by atoms with Crippen molar-refractivity contribution in [1.82, 2.24) is 4.98 Å². The number of hydrogen-bond donors (Lipinski definition) is 1. The lowest BCUT2D eigenvalue weighted by atomic mass is 10.2. The second-order valence-electron chi connectivity index (χ2n) is 4.16. The number of nitro benzene ring substituents is 1. The average molecular weight is 372 g/mol. The first kappa shape index (κ1) is 17.2. The number of anilines is 1. The zero-order valence-electron chi connectivity index (χ0n) is 11.4. The van der Waals surface area contributed by atoms with Crippen LogP contribution >= 0.6 is 34.8 Å². The van der Waals surface area contributed by atoms with Gasteiger partial charge in [0.05, 0.1) is 20.5 Å². The summed E-state index contributed by atoms with van der Waals surface area (Å²) in [5, 5.41) is 15.4. The molecule has 0 fully saturated rings. The predicted molar refractivity (Wildman–Crippen MR) is 93.5 cm³/mol. The highest BCUT2D eigenvalue weighted by Gasteiger charge is 2.09. The molecule has 1 heterocycles. The van der Waals surface area contributed by atoms with Gasteiger partial charge in [0, 0.05) is 12.3 Å². The molecule has 0 amide bonds. The lowest BCUT2D eigenvalue weighted by Crippen LogP contribution is -1.94. The highest BCUT2D eigenvalue weighted by Crippen LogP contribution is 2.28. The number of nitrogens with zero attached hydrogens (tertiary/aromatic N) is 3. The molecule has 0 aliphatic rings. The van der Waals surface area contributed by atoms with Crippen molar-refractivity contribution < 1.29 is 4.92 Å². The molecule has 1 N–H and O–H groups in total. The summed E-state index contributed by atoms with van der Waals surface area (Å²) in [4.78, 5) is 14.4. The minimum atomic E-state index is -0.450. The van der Waals surface area contributed by atoms with E-state index in [1.807, 2.05) is 0 Å². The van der Waals surface area contributed by atoms with Crippen molar-refractivity contribution in [3.05, 3.63) is 67.3 Å². The molecule has 23 heavy (non-hydrogen) atoms. The number of halogens is 3. The van der Waals surface area contributed by atoms with E-state index in [4.69, 9.17) is 34.8 Å². The average Bonchev–Trinajstić information content (AvgIpc) is 2.52. The maximum Gasteiger partial charge on any atom is 0.276 e. The molecule has 2 aromatic rings. The van der Waals surface area contributed by atoms with Gasteiger partial charge in [0.25, 0.3) is 5.69 Å². The number of aromatic nitrogens is 1. The van der Waals surface area contributed by atoms with Gasteiger partial charge >= 0.3 is 0 Å². The summed E-state index contributed by atoms with van der Waals surface area (Å²) >= 11 is 17.5. The van der Waals surface area contributed by atoms with Crippen LogP contribution in [0.5, 0.6) is 0 Å². The fraction of sp³-hybridized carbons (Fsp3) is 0. The minimum Gasteiger partial charge on any atom is -0.260 e. The number of benzene rings is 1. The van der Waals surface area contributed by atoms with Gasteiger partial charge < -0.3 is 0 Å². The highest BCUT2D eigenvalue weighted by atomic mass is 35.5. The quantitative estimate of drug-likeness (QED) is 0.345. The maximum absolute atomic E-state index is 10.9. The molecular formula is C14H9Cl3N4O2. The molecule has 1 aromatic carbocycles. The number of nitro groups is 1. The molecule has 2 rings (SSSR count). The van der Waals surface area contributed by atoms with Crippen molar-refractivity contribution in [3.63, 3.8) is 0 Å². The number of hydrazone groups is 1. The van der Waals surface area contributed by atoms with E-state index in [1.54, 1.807) is 30.4 Å². The molecular weight excluding hydrogens is 363 g/mol. The SMILES string of the molecule is O=[N+]([O-])c1ccccc1/C=C/C=N\Nc1nc(Cl)c(Cl)cc1Cl. The van der Waals surface area contributed by atoms with Crippen LogP contribution in [0.4, 0.5) is 11.5 Å². The van der Waals surface area contributed by atoms with Crippen molar-refractivity contribution in [3.8, 4) is 0 Å². The lowest BCUT2D eigenvalue weighted by molar-refractivity contribution is -0.385. The second-order valence-corrected chi connectivity index (χ2v) is 5.33. The van der Waals surface area contributed by atoms with Crippen LogP contribution in [0.3, 0.4) is 0 Å². The zero-order valence-corrected chi connectivity index (χ0v) is 13.7. The Morgan fingerprint density at radius 3 is 2.70 bits per heavy atom. The third-order valence-corrected chi connectivity index (χ3v) is 3.59. The zero-order chi connectivity index (χ0) is 16.8. The summed E-state index contributed by atoms with van der Waals surface area (Å²) in [6.45, 7) is 0. The Kier molecular flexibility index (Phi) is 5.92. The third-order valence-electron chi connectivity index (χ3n) is 2.63. The van der Waals surface area contributed by atoms with Crippen molar-refractivity contribution in [2.45, 2.75) is 0 Å². The van der Waals surface area contributed by atoms with E-state index in [2.05, 4.69) is 15.5 Å². The number of para-hydroxylation sites is 1. The largest absolute Gasteiger partial charge is 0.276 e. The molecule has 9 heteroatoms. The van der Waals surface area contributed by atoms with E-state index in [-0.39, 0.29) is 26.7 Å². The van der Waals surface area contributed by atoms with E-state index in [9.17, 15) is 10.1 Å². The van der Waals surface area contributed by atoms with Crippen LogP contribution in [0.1, 0.15) is 5.56 Å². The molecule has 0 saturated carbocycles. The standard InChI is InChI=1S/C14H9Cl3N4O2/c15-10-8-11(16)14(19-13(10)17)20-18-7-3-5-9-4-1-2-6-12(9)21(22)23/h1-8H,(H,19,20)/b5-3+,18-7-. The second kappa shape index (κ2) is 7.92. The number of nitrogens with one attached hydrogen (secondary N) is 1. The van der Waals surface area contributed by atoms with E-state index in [1.165, 1.54) is 18.3 Å². The minimum absolute atomic E-state index is 0.0132. The van der Waals surface area contributed by atoms with Gasteiger partial charge in [0.2, 0.25) is 0 Å². The van der Waals surface area contributed by atoms with Crippen LogP contribution in [0, 0.1) is 10.1 Å². The van der Waals surface area contributed by atoms with Gasteiger partial charge in [0.1, 0.15) is 5.15 Å². The van der Waals surface area contributed by atoms with Crippen LogP contribution in [0.25, 0.3) is 6.08 Å². The van der Waals surface area contributed by atoms with Crippen LogP contribution in [-0.2, 0) is 0 Å².